The van der Waals surface area contributed by atoms with Crippen LogP contribution in [-0.4, -0.2) is 29.3 Å². The van der Waals surface area contributed by atoms with Gasteiger partial charge in [-0.05, 0) is 31.5 Å². The minimum absolute atomic E-state index is 0. The first-order valence-electron chi connectivity index (χ1n) is 8.44. The Hall–Kier alpha value is -1.64. The van der Waals surface area contributed by atoms with Gasteiger partial charge in [-0.1, -0.05) is 26.0 Å². The van der Waals surface area contributed by atoms with E-state index in [0.29, 0.717) is 19.0 Å². The molecule has 0 spiro atoms. The third-order valence-electron chi connectivity index (χ3n) is 4.62. The Kier molecular flexibility index (Phi) is 8.05. The van der Waals surface area contributed by atoms with Crippen LogP contribution in [0, 0.1) is 19.7 Å². The quantitative estimate of drug-likeness (QED) is 0.398. The Bertz CT molecular complexity index is 767. The van der Waals surface area contributed by atoms with Gasteiger partial charge >= 0.3 is 0 Å². The molecule has 0 fully saturated rings. The van der Waals surface area contributed by atoms with Crippen molar-refractivity contribution in [1.82, 2.24) is 20.4 Å². The van der Waals surface area contributed by atoms with Crippen molar-refractivity contribution in [2.45, 2.75) is 39.7 Å². The van der Waals surface area contributed by atoms with E-state index in [2.05, 4.69) is 41.5 Å². The molecule has 2 rings (SSSR count). The fourth-order valence-corrected chi connectivity index (χ4v) is 2.78. The molecule has 1 aromatic heterocycles. The van der Waals surface area contributed by atoms with E-state index >= 15 is 0 Å². The van der Waals surface area contributed by atoms with Crippen molar-refractivity contribution in [3.8, 4) is 0 Å². The summed E-state index contributed by atoms with van der Waals surface area (Å²) in [5, 5.41) is 11.1. The molecule has 0 radical (unpaired) electrons. The zero-order valence-corrected chi connectivity index (χ0v) is 18.7. The Labute approximate surface area is 172 Å². The highest BCUT2D eigenvalue weighted by molar-refractivity contribution is 14.0. The number of nitrogens with one attached hydrogen (secondary N) is 2. The largest absolute Gasteiger partial charge is 0.356 e. The maximum absolute atomic E-state index is 13.5. The van der Waals surface area contributed by atoms with E-state index in [-0.39, 0.29) is 35.2 Å². The monoisotopic (exact) mass is 473 g/mol. The number of benzene rings is 1. The summed E-state index contributed by atoms with van der Waals surface area (Å²) in [6.07, 6.45) is 0. The highest BCUT2D eigenvalue weighted by Crippen LogP contribution is 2.22. The van der Waals surface area contributed by atoms with Gasteiger partial charge in [-0.2, -0.15) is 5.10 Å². The Balaban J connectivity index is 0.00000338. The first kappa shape index (κ1) is 22.4. The number of aliphatic imine (C=N–C) groups is 1. The van der Waals surface area contributed by atoms with Gasteiger partial charge in [0.15, 0.2) is 5.96 Å². The predicted molar refractivity (Wildman–Crippen MR) is 116 cm³/mol. The molecule has 5 nitrogen and oxygen atoms in total. The van der Waals surface area contributed by atoms with Crippen molar-refractivity contribution >= 4 is 29.9 Å². The minimum Gasteiger partial charge on any atom is -0.356 e. The highest BCUT2D eigenvalue weighted by Gasteiger charge is 2.21. The number of hydrogen-bond acceptors (Lipinski definition) is 2. The molecular formula is C19H29FIN5. The molecule has 0 aliphatic carbocycles. The molecule has 0 unspecified atom stereocenters. The molecule has 144 valence electrons. The first-order chi connectivity index (χ1) is 11.7. The second kappa shape index (κ2) is 9.34. The van der Waals surface area contributed by atoms with Crippen LogP contribution in [-0.2, 0) is 19.0 Å². The Morgan fingerprint density at radius 2 is 1.96 bits per heavy atom. The molecule has 0 saturated heterocycles. The van der Waals surface area contributed by atoms with Gasteiger partial charge in [-0.3, -0.25) is 9.67 Å². The number of rotatable bonds is 5. The molecule has 0 bridgehead atoms. The highest BCUT2D eigenvalue weighted by atomic mass is 127. The van der Waals surface area contributed by atoms with Crippen molar-refractivity contribution in [1.29, 1.82) is 0 Å². The molecule has 0 aliphatic rings. The number of nitrogens with zero attached hydrogens (tertiary/aromatic N) is 3. The number of aryl methyl sites for hydroxylation is 2. The van der Waals surface area contributed by atoms with Crippen molar-refractivity contribution in [2.24, 2.45) is 12.0 Å². The van der Waals surface area contributed by atoms with E-state index in [1.54, 1.807) is 19.2 Å². The standard InChI is InChI=1S/C19H28FN5.HI/c1-13-17(14(2)25(6)24-13)11-22-18(21-5)23-12-19(3,4)15-8-7-9-16(20)10-15;/h7-10H,11-12H2,1-6H3,(H2,21,22,23);1H. The zero-order valence-electron chi connectivity index (χ0n) is 16.4. The van der Waals surface area contributed by atoms with E-state index in [4.69, 9.17) is 0 Å². The van der Waals surface area contributed by atoms with Crippen molar-refractivity contribution in [3.63, 3.8) is 0 Å². The third-order valence-corrected chi connectivity index (χ3v) is 4.62. The molecule has 0 amide bonds. The molecule has 1 aromatic carbocycles. The number of guanidine groups is 1. The molecule has 7 heteroatoms. The van der Waals surface area contributed by atoms with E-state index in [9.17, 15) is 4.39 Å². The van der Waals surface area contributed by atoms with Crippen LogP contribution in [0.25, 0.3) is 0 Å². The van der Waals surface area contributed by atoms with Crippen LogP contribution in [0.15, 0.2) is 29.3 Å². The van der Waals surface area contributed by atoms with Gasteiger partial charge in [0, 0.05) is 43.9 Å². The molecule has 0 aliphatic heterocycles. The van der Waals surface area contributed by atoms with E-state index in [1.165, 1.54) is 11.6 Å². The van der Waals surface area contributed by atoms with Crippen molar-refractivity contribution in [2.75, 3.05) is 13.6 Å². The Morgan fingerprint density at radius 3 is 2.50 bits per heavy atom. The Morgan fingerprint density at radius 1 is 1.27 bits per heavy atom. The van der Waals surface area contributed by atoms with E-state index in [1.807, 2.05) is 24.7 Å². The molecular weight excluding hydrogens is 444 g/mol. The summed E-state index contributed by atoms with van der Waals surface area (Å²) in [5.41, 5.74) is 4.06. The molecule has 0 saturated carbocycles. The molecule has 0 atom stereocenters. The van der Waals surface area contributed by atoms with Gasteiger partial charge in [-0.15, -0.1) is 24.0 Å². The average Bonchev–Trinajstić information content (AvgIpc) is 2.80. The van der Waals surface area contributed by atoms with E-state index in [0.717, 1.165) is 17.0 Å². The fourth-order valence-electron chi connectivity index (χ4n) is 2.78. The van der Waals surface area contributed by atoms with Gasteiger partial charge in [0.05, 0.1) is 5.69 Å². The number of halogens is 2. The van der Waals surface area contributed by atoms with Crippen LogP contribution >= 0.6 is 24.0 Å². The normalized spacial score (nSPS) is 11.9. The lowest BCUT2D eigenvalue weighted by Gasteiger charge is -2.27. The van der Waals surface area contributed by atoms with Crippen molar-refractivity contribution < 1.29 is 4.39 Å². The van der Waals surface area contributed by atoms with Crippen LogP contribution < -0.4 is 10.6 Å². The fraction of sp³-hybridized carbons (Fsp3) is 0.474. The van der Waals surface area contributed by atoms with Crippen LogP contribution in [0.1, 0.15) is 36.4 Å². The summed E-state index contributed by atoms with van der Waals surface area (Å²) in [6.45, 7) is 9.52. The zero-order chi connectivity index (χ0) is 18.6. The summed E-state index contributed by atoms with van der Waals surface area (Å²) in [4.78, 5) is 4.28. The number of hydrogen-bond donors (Lipinski definition) is 2. The van der Waals surface area contributed by atoms with Crippen LogP contribution in [0.2, 0.25) is 0 Å². The topological polar surface area (TPSA) is 54.2 Å². The lowest BCUT2D eigenvalue weighted by atomic mass is 9.84. The summed E-state index contributed by atoms with van der Waals surface area (Å²) < 4.78 is 15.4. The summed E-state index contributed by atoms with van der Waals surface area (Å²) >= 11 is 0. The molecule has 1 heterocycles. The first-order valence-corrected chi connectivity index (χ1v) is 8.44. The SMILES string of the molecule is CN=C(NCc1c(C)nn(C)c1C)NCC(C)(C)c1cccc(F)c1.I. The smallest absolute Gasteiger partial charge is 0.191 e. The summed E-state index contributed by atoms with van der Waals surface area (Å²) in [7, 11) is 3.69. The van der Waals surface area contributed by atoms with E-state index < -0.39 is 0 Å². The van der Waals surface area contributed by atoms with Gasteiger partial charge < -0.3 is 10.6 Å². The van der Waals surface area contributed by atoms with Crippen LogP contribution in [0.4, 0.5) is 4.39 Å². The summed E-state index contributed by atoms with van der Waals surface area (Å²) in [5.74, 6) is 0.503. The molecule has 2 aromatic rings. The maximum Gasteiger partial charge on any atom is 0.191 e. The van der Waals surface area contributed by atoms with Crippen LogP contribution in [0.5, 0.6) is 0 Å². The van der Waals surface area contributed by atoms with Gasteiger partial charge in [-0.25, -0.2) is 4.39 Å². The van der Waals surface area contributed by atoms with Gasteiger partial charge in [0.25, 0.3) is 0 Å². The van der Waals surface area contributed by atoms with Gasteiger partial charge in [0.2, 0.25) is 0 Å². The lowest BCUT2D eigenvalue weighted by molar-refractivity contribution is 0.503. The second-order valence-corrected chi connectivity index (χ2v) is 6.95. The maximum atomic E-state index is 13.5. The van der Waals surface area contributed by atoms with Gasteiger partial charge in [0.1, 0.15) is 5.82 Å². The third kappa shape index (κ3) is 5.43. The molecule has 26 heavy (non-hydrogen) atoms. The average molecular weight is 473 g/mol. The second-order valence-electron chi connectivity index (χ2n) is 6.95. The minimum atomic E-state index is -0.222. The predicted octanol–water partition coefficient (Wildman–Crippen LogP) is 3.44. The molecule has 2 N–H and O–H groups in total. The number of aromatic nitrogens is 2. The lowest BCUT2D eigenvalue weighted by Crippen LogP contribution is -2.43. The summed E-state index contributed by atoms with van der Waals surface area (Å²) in [6, 6.07) is 6.74. The van der Waals surface area contributed by atoms with Crippen LogP contribution in [0.3, 0.4) is 0 Å². The van der Waals surface area contributed by atoms with Crippen molar-refractivity contribution in [3.05, 3.63) is 52.6 Å².